The van der Waals surface area contributed by atoms with E-state index in [2.05, 4.69) is 6.92 Å². The van der Waals surface area contributed by atoms with Gasteiger partial charge < -0.3 is 19.3 Å². The molecule has 1 atom stereocenters. The highest BCUT2D eigenvalue weighted by molar-refractivity contribution is 5.93. The van der Waals surface area contributed by atoms with Gasteiger partial charge in [-0.25, -0.2) is 0 Å². The molecule has 0 bridgehead atoms. The molecule has 4 heteroatoms. The van der Waals surface area contributed by atoms with E-state index < -0.39 is 6.10 Å². The maximum Gasteiger partial charge on any atom is 0.127 e. The van der Waals surface area contributed by atoms with Crippen molar-refractivity contribution >= 4 is 10.8 Å². The van der Waals surface area contributed by atoms with Crippen LogP contribution in [0.4, 0.5) is 0 Å². The first-order valence-corrected chi connectivity index (χ1v) is 14.7. The van der Waals surface area contributed by atoms with E-state index in [4.69, 9.17) is 14.2 Å². The molecule has 0 heterocycles. The van der Waals surface area contributed by atoms with Crippen LogP contribution in [0.1, 0.15) is 110 Å². The Morgan fingerprint density at radius 3 is 1.61 bits per heavy atom. The normalized spacial score (nSPS) is 12.2. The van der Waals surface area contributed by atoms with Gasteiger partial charge in [0.1, 0.15) is 24.2 Å². The van der Waals surface area contributed by atoms with Crippen LogP contribution in [-0.2, 0) is 4.74 Å². The Kier molecular flexibility index (Phi) is 17.2. The van der Waals surface area contributed by atoms with Crippen molar-refractivity contribution in [2.24, 2.45) is 0 Å². The standard InChI is InChI=1S/C32H52O4/c1-3-4-5-6-7-8-9-10-11-12-13-14-15-16-17-20-25-35-26-28(33)27-36-32-24-23-31(34-2)29-21-18-19-22-30(29)32/h18-19,21-24,28,33H,3-17,20,25-27H2,1-2H3. The average Bonchev–Trinajstić information content (AvgIpc) is 2.91. The number of ether oxygens (including phenoxy) is 3. The molecule has 0 aliphatic carbocycles. The van der Waals surface area contributed by atoms with Crippen LogP contribution in [0.15, 0.2) is 36.4 Å². The van der Waals surface area contributed by atoms with Gasteiger partial charge in [0, 0.05) is 17.4 Å². The zero-order chi connectivity index (χ0) is 25.7. The van der Waals surface area contributed by atoms with Gasteiger partial charge in [0.2, 0.25) is 0 Å². The highest BCUT2D eigenvalue weighted by atomic mass is 16.5. The van der Waals surface area contributed by atoms with Crippen molar-refractivity contribution in [3.05, 3.63) is 36.4 Å². The van der Waals surface area contributed by atoms with Gasteiger partial charge in [-0.05, 0) is 18.6 Å². The lowest BCUT2D eigenvalue weighted by molar-refractivity contribution is 0.0112. The molecule has 204 valence electrons. The predicted molar refractivity (Wildman–Crippen MR) is 152 cm³/mol. The number of unbranched alkanes of at least 4 members (excludes halogenated alkanes) is 15. The second kappa shape index (κ2) is 20.3. The first-order chi connectivity index (χ1) is 17.8. The number of benzene rings is 2. The van der Waals surface area contributed by atoms with Crippen LogP contribution in [0.2, 0.25) is 0 Å². The number of fused-ring (bicyclic) bond motifs is 1. The van der Waals surface area contributed by atoms with Crippen LogP contribution < -0.4 is 9.47 Å². The number of hydrogen-bond acceptors (Lipinski definition) is 4. The summed E-state index contributed by atoms with van der Waals surface area (Å²) in [6.45, 7) is 3.52. The summed E-state index contributed by atoms with van der Waals surface area (Å²) in [7, 11) is 1.67. The molecule has 0 amide bonds. The average molecular weight is 501 g/mol. The third-order valence-electron chi connectivity index (χ3n) is 6.95. The largest absolute Gasteiger partial charge is 0.496 e. The third kappa shape index (κ3) is 13.0. The van der Waals surface area contributed by atoms with E-state index in [0.717, 1.165) is 28.7 Å². The molecule has 2 rings (SSSR count). The van der Waals surface area contributed by atoms with Gasteiger partial charge in [0.05, 0.1) is 13.7 Å². The molecular formula is C32H52O4. The summed E-state index contributed by atoms with van der Waals surface area (Å²) >= 11 is 0. The molecule has 0 fully saturated rings. The zero-order valence-electron chi connectivity index (χ0n) is 23.1. The Morgan fingerprint density at radius 2 is 1.08 bits per heavy atom. The maximum atomic E-state index is 10.2. The number of hydrogen-bond donors (Lipinski definition) is 1. The first-order valence-electron chi connectivity index (χ1n) is 14.7. The summed E-state index contributed by atoms with van der Waals surface area (Å²) in [6.07, 6.45) is 21.2. The van der Waals surface area contributed by atoms with Gasteiger partial charge in [-0.15, -0.1) is 0 Å². The van der Waals surface area contributed by atoms with Gasteiger partial charge in [-0.3, -0.25) is 0 Å². The Labute approximate surface area is 220 Å². The number of aliphatic hydroxyl groups is 1. The molecule has 0 saturated heterocycles. The fourth-order valence-corrected chi connectivity index (χ4v) is 4.75. The van der Waals surface area contributed by atoms with Crippen molar-refractivity contribution in [3.63, 3.8) is 0 Å². The second-order valence-corrected chi connectivity index (χ2v) is 10.2. The van der Waals surface area contributed by atoms with Crippen LogP contribution in [0, 0.1) is 0 Å². The summed E-state index contributed by atoms with van der Waals surface area (Å²) in [4.78, 5) is 0. The van der Waals surface area contributed by atoms with Crippen LogP contribution in [0.5, 0.6) is 11.5 Å². The quantitative estimate of drug-likeness (QED) is 0.155. The molecular weight excluding hydrogens is 448 g/mol. The van der Waals surface area contributed by atoms with Crippen LogP contribution >= 0.6 is 0 Å². The fourth-order valence-electron chi connectivity index (χ4n) is 4.75. The molecule has 0 radical (unpaired) electrons. The minimum absolute atomic E-state index is 0.218. The smallest absolute Gasteiger partial charge is 0.127 e. The predicted octanol–water partition coefficient (Wildman–Crippen LogP) is 8.87. The van der Waals surface area contributed by atoms with Crippen LogP contribution in [0.25, 0.3) is 10.8 Å². The van der Waals surface area contributed by atoms with E-state index >= 15 is 0 Å². The van der Waals surface area contributed by atoms with E-state index in [-0.39, 0.29) is 6.61 Å². The summed E-state index contributed by atoms with van der Waals surface area (Å²) < 4.78 is 17.0. The van der Waals surface area contributed by atoms with Crippen molar-refractivity contribution < 1.29 is 19.3 Å². The molecule has 0 aromatic heterocycles. The molecule has 4 nitrogen and oxygen atoms in total. The molecule has 0 saturated carbocycles. The van der Waals surface area contributed by atoms with Crippen molar-refractivity contribution in [1.29, 1.82) is 0 Å². The molecule has 0 spiro atoms. The Morgan fingerprint density at radius 1 is 0.611 bits per heavy atom. The lowest BCUT2D eigenvalue weighted by Crippen LogP contribution is -2.23. The maximum absolute atomic E-state index is 10.2. The van der Waals surface area contributed by atoms with Crippen molar-refractivity contribution in [2.75, 3.05) is 26.9 Å². The highest BCUT2D eigenvalue weighted by Gasteiger charge is 2.10. The van der Waals surface area contributed by atoms with E-state index in [1.165, 1.54) is 96.3 Å². The van der Waals surface area contributed by atoms with Gasteiger partial charge in [0.15, 0.2) is 0 Å². The van der Waals surface area contributed by atoms with Gasteiger partial charge in [0.25, 0.3) is 0 Å². The number of aliphatic hydroxyl groups excluding tert-OH is 1. The van der Waals surface area contributed by atoms with E-state index in [0.29, 0.717) is 13.2 Å². The summed E-state index contributed by atoms with van der Waals surface area (Å²) in [5, 5.41) is 12.2. The lowest BCUT2D eigenvalue weighted by Gasteiger charge is -2.15. The molecule has 2 aromatic rings. The van der Waals surface area contributed by atoms with Crippen LogP contribution in [0.3, 0.4) is 0 Å². The van der Waals surface area contributed by atoms with Crippen LogP contribution in [-0.4, -0.2) is 38.1 Å². The summed E-state index contributed by atoms with van der Waals surface area (Å²) in [5.41, 5.74) is 0. The molecule has 1 unspecified atom stereocenters. The number of rotatable bonds is 23. The van der Waals surface area contributed by atoms with Crippen molar-refractivity contribution in [2.45, 2.75) is 116 Å². The summed E-state index contributed by atoms with van der Waals surface area (Å²) in [6, 6.07) is 11.8. The molecule has 0 aliphatic rings. The SMILES string of the molecule is CCCCCCCCCCCCCCCCCCOCC(O)COc1ccc(OC)c2ccccc12. The lowest BCUT2D eigenvalue weighted by atomic mass is 10.0. The minimum Gasteiger partial charge on any atom is -0.496 e. The molecule has 2 aromatic carbocycles. The summed E-state index contributed by atoms with van der Waals surface area (Å²) in [5.74, 6) is 1.57. The Bertz CT molecular complexity index is 791. The third-order valence-corrected chi connectivity index (χ3v) is 6.95. The van der Waals surface area contributed by atoms with E-state index in [1.54, 1.807) is 7.11 Å². The van der Waals surface area contributed by atoms with Crippen molar-refractivity contribution in [1.82, 2.24) is 0 Å². The zero-order valence-corrected chi connectivity index (χ0v) is 23.1. The van der Waals surface area contributed by atoms with Crippen molar-refractivity contribution in [3.8, 4) is 11.5 Å². The minimum atomic E-state index is -0.632. The molecule has 36 heavy (non-hydrogen) atoms. The van der Waals surface area contributed by atoms with E-state index in [1.807, 2.05) is 36.4 Å². The molecule has 1 N–H and O–H groups in total. The molecule has 0 aliphatic heterocycles. The van der Waals surface area contributed by atoms with Gasteiger partial charge >= 0.3 is 0 Å². The Balaban J connectivity index is 1.39. The fraction of sp³-hybridized carbons (Fsp3) is 0.688. The second-order valence-electron chi connectivity index (χ2n) is 10.2. The van der Waals surface area contributed by atoms with Gasteiger partial charge in [-0.2, -0.15) is 0 Å². The monoisotopic (exact) mass is 500 g/mol. The topological polar surface area (TPSA) is 47.9 Å². The number of methoxy groups -OCH3 is 1. The first kappa shape index (κ1) is 30.4. The van der Waals surface area contributed by atoms with Gasteiger partial charge in [-0.1, -0.05) is 128 Å². The highest BCUT2D eigenvalue weighted by Crippen LogP contribution is 2.32. The van der Waals surface area contributed by atoms with E-state index in [9.17, 15) is 5.11 Å². The Hall–Kier alpha value is -1.78.